The maximum atomic E-state index is 5.94. The van der Waals surface area contributed by atoms with Gasteiger partial charge in [0.05, 0.1) is 8.81 Å². The molecular formula is C8H3Br2ClS. The van der Waals surface area contributed by atoms with Crippen molar-refractivity contribution >= 4 is 64.9 Å². The molecule has 4 heteroatoms. The van der Waals surface area contributed by atoms with E-state index < -0.39 is 0 Å². The summed E-state index contributed by atoms with van der Waals surface area (Å²) in [7, 11) is 0. The first-order valence-corrected chi connectivity index (χ1v) is 5.99. The number of hydrogen-bond acceptors (Lipinski definition) is 1. The van der Waals surface area contributed by atoms with E-state index in [1.807, 2.05) is 12.1 Å². The molecule has 0 fully saturated rings. The van der Waals surface area contributed by atoms with Gasteiger partial charge in [0.1, 0.15) is 0 Å². The van der Waals surface area contributed by atoms with Gasteiger partial charge in [-0.3, -0.25) is 0 Å². The smallest absolute Gasteiger partial charge is 0.0711 e. The average molecular weight is 326 g/mol. The molecule has 62 valence electrons. The summed E-state index contributed by atoms with van der Waals surface area (Å²) in [6, 6.07) is 6.06. The third-order valence-corrected chi connectivity index (χ3v) is 4.33. The van der Waals surface area contributed by atoms with Gasteiger partial charge in [0.25, 0.3) is 0 Å². The van der Waals surface area contributed by atoms with Gasteiger partial charge >= 0.3 is 0 Å². The summed E-state index contributed by atoms with van der Waals surface area (Å²) in [5, 5.41) is 1.94. The molecule has 0 amide bonds. The van der Waals surface area contributed by atoms with E-state index in [-0.39, 0.29) is 0 Å². The fourth-order valence-corrected chi connectivity index (χ4v) is 3.25. The Morgan fingerprint density at radius 1 is 1.17 bits per heavy atom. The quantitative estimate of drug-likeness (QED) is 0.633. The van der Waals surface area contributed by atoms with E-state index in [1.54, 1.807) is 11.3 Å². The molecule has 1 aromatic carbocycles. The lowest BCUT2D eigenvalue weighted by Gasteiger charge is -1.94. The fourth-order valence-electron chi connectivity index (χ4n) is 1.00. The van der Waals surface area contributed by atoms with E-state index in [9.17, 15) is 0 Å². The lowest BCUT2D eigenvalue weighted by Crippen LogP contribution is -1.67. The van der Waals surface area contributed by atoms with Crippen LogP contribution in [0.4, 0.5) is 0 Å². The van der Waals surface area contributed by atoms with Crippen LogP contribution in [0.25, 0.3) is 10.1 Å². The second-order valence-electron chi connectivity index (χ2n) is 2.35. The maximum Gasteiger partial charge on any atom is 0.0711 e. The summed E-state index contributed by atoms with van der Waals surface area (Å²) in [6.45, 7) is 0. The standard InChI is InChI=1S/C8H3Br2ClS/c9-5-3-7-4(1-6(5)11)2-8(10)12-7/h1-3H. The van der Waals surface area contributed by atoms with Crippen LogP contribution in [0.5, 0.6) is 0 Å². The van der Waals surface area contributed by atoms with Crippen LogP contribution in [0.3, 0.4) is 0 Å². The minimum absolute atomic E-state index is 0.757. The highest BCUT2D eigenvalue weighted by molar-refractivity contribution is 9.11. The molecular weight excluding hydrogens is 323 g/mol. The summed E-state index contributed by atoms with van der Waals surface area (Å²) in [4.78, 5) is 0. The van der Waals surface area contributed by atoms with E-state index in [4.69, 9.17) is 11.6 Å². The SMILES string of the molecule is Clc1cc2cc(Br)sc2cc1Br. The van der Waals surface area contributed by atoms with Crippen LogP contribution in [0.2, 0.25) is 5.02 Å². The van der Waals surface area contributed by atoms with Crippen LogP contribution in [-0.2, 0) is 0 Å². The first-order chi connectivity index (χ1) is 5.66. The van der Waals surface area contributed by atoms with Crippen molar-refractivity contribution in [2.75, 3.05) is 0 Å². The number of fused-ring (bicyclic) bond motifs is 1. The molecule has 1 heterocycles. The van der Waals surface area contributed by atoms with Crippen molar-refractivity contribution in [3.8, 4) is 0 Å². The van der Waals surface area contributed by atoms with Crippen LogP contribution >= 0.6 is 54.8 Å². The van der Waals surface area contributed by atoms with Crippen LogP contribution in [0.15, 0.2) is 26.5 Å². The van der Waals surface area contributed by atoms with E-state index >= 15 is 0 Å². The average Bonchev–Trinajstić information content (AvgIpc) is 2.30. The summed E-state index contributed by atoms with van der Waals surface area (Å²) >= 11 is 14.5. The highest BCUT2D eigenvalue weighted by atomic mass is 79.9. The van der Waals surface area contributed by atoms with Gasteiger partial charge in [-0.15, -0.1) is 11.3 Å². The predicted octanol–water partition coefficient (Wildman–Crippen LogP) is 5.08. The molecule has 0 unspecified atom stereocenters. The zero-order chi connectivity index (χ0) is 8.72. The Balaban J connectivity index is 2.83. The van der Waals surface area contributed by atoms with Crippen LogP contribution in [-0.4, -0.2) is 0 Å². The molecule has 0 saturated heterocycles. The van der Waals surface area contributed by atoms with E-state index in [0.717, 1.165) is 13.3 Å². The van der Waals surface area contributed by atoms with Gasteiger partial charge < -0.3 is 0 Å². The van der Waals surface area contributed by atoms with E-state index in [2.05, 4.69) is 37.9 Å². The van der Waals surface area contributed by atoms with Crippen molar-refractivity contribution in [3.63, 3.8) is 0 Å². The highest BCUT2D eigenvalue weighted by Gasteiger charge is 2.03. The van der Waals surface area contributed by atoms with Gasteiger partial charge in [-0.2, -0.15) is 0 Å². The molecule has 0 N–H and O–H groups in total. The Bertz CT molecular complexity index is 397. The molecule has 12 heavy (non-hydrogen) atoms. The van der Waals surface area contributed by atoms with Crippen LogP contribution < -0.4 is 0 Å². The monoisotopic (exact) mass is 324 g/mol. The van der Waals surface area contributed by atoms with Crippen molar-refractivity contribution in [1.29, 1.82) is 0 Å². The number of hydrogen-bond donors (Lipinski definition) is 0. The molecule has 0 saturated carbocycles. The van der Waals surface area contributed by atoms with Gasteiger partial charge in [-0.1, -0.05) is 11.6 Å². The minimum atomic E-state index is 0.757. The molecule has 0 atom stereocenters. The third-order valence-electron chi connectivity index (χ3n) is 1.53. The Morgan fingerprint density at radius 2 is 1.92 bits per heavy atom. The zero-order valence-corrected chi connectivity index (χ0v) is 10.5. The summed E-state index contributed by atoms with van der Waals surface area (Å²) in [6.07, 6.45) is 0. The Hall–Kier alpha value is 0.430. The first-order valence-electron chi connectivity index (χ1n) is 3.21. The molecule has 0 aliphatic rings. The minimum Gasteiger partial charge on any atom is -0.128 e. The molecule has 0 spiro atoms. The molecule has 0 radical (unpaired) electrons. The lowest BCUT2D eigenvalue weighted by molar-refractivity contribution is 1.76. The first kappa shape index (κ1) is 9.00. The topological polar surface area (TPSA) is 0 Å². The Labute approximate surface area is 95.8 Å². The third kappa shape index (κ3) is 1.55. The Morgan fingerprint density at radius 3 is 2.67 bits per heavy atom. The number of halogens is 3. The molecule has 1 aromatic heterocycles. The second kappa shape index (κ2) is 3.29. The summed E-state index contributed by atoms with van der Waals surface area (Å²) in [5.41, 5.74) is 0. The van der Waals surface area contributed by atoms with Gasteiger partial charge in [0.2, 0.25) is 0 Å². The van der Waals surface area contributed by atoms with Crippen LogP contribution in [0.1, 0.15) is 0 Å². The number of thiophene rings is 1. The lowest BCUT2D eigenvalue weighted by atomic mass is 10.3. The van der Waals surface area contributed by atoms with Crippen LogP contribution in [0, 0.1) is 0 Å². The highest BCUT2D eigenvalue weighted by Crippen LogP contribution is 2.35. The summed E-state index contributed by atoms with van der Waals surface area (Å²) < 4.78 is 3.32. The van der Waals surface area contributed by atoms with Crippen molar-refractivity contribution in [3.05, 3.63) is 31.5 Å². The zero-order valence-electron chi connectivity index (χ0n) is 5.77. The number of benzene rings is 1. The molecule has 0 aliphatic heterocycles. The normalized spacial score (nSPS) is 10.9. The maximum absolute atomic E-state index is 5.94. The number of rotatable bonds is 0. The molecule has 2 aromatic rings. The molecule has 0 nitrogen and oxygen atoms in total. The molecule has 0 bridgehead atoms. The van der Waals surface area contributed by atoms with Crippen molar-refractivity contribution in [2.24, 2.45) is 0 Å². The van der Waals surface area contributed by atoms with Crippen molar-refractivity contribution in [2.45, 2.75) is 0 Å². The van der Waals surface area contributed by atoms with E-state index in [0.29, 0.717) is 0 Å². The van der Waals surface area contributed by atoms with E-state index in [1.165, 1.54) is 10.1 Å². The van der Waals surface area contributed by atoms with Gasteiger partial charge in [-0.05, 0) is 55.4 Å². The Kier molecular flexibility index (Phi) is 2.47. The largest absolute Gasteiger partial charge is 0.128 e. The fraction of sp³-hybridized carbons (Fsp3) is 0. The second-order valence-corrected chi connectivity index (χ2v) is 6.08. The predicted molar refractivity (Wildman–Crippen MR) is 62.2 cm³/mol. The van der Waals surface area contributed by atoms with Crippen molar-refractivity contribution < 1.29 is 0 Å². The van der Waals surface area contributed by atoms with Gasteiger partial charge in [0, 0.05) is 9.17 Å². The van der Waals surface area contributed by atoms with Crippen molar-refractivity contribution in [1.82, 2.24) is 0 Å². The molecule has 2 rings (SSSR count). The van der Waals surface area contributed by atoms with Gasteiger partial charge in [0.15, 0.2) is 0 Å². The molecule has 0 aliphatic carbocycles. The van der Waals surface area contributed by atoms with Gasteiger partial charge in [-0.25, -0.2) is 0 Å². The summed E-state index contributed by atoms with van der Waals surface area (Å²) in [5.74, 6) is 0.